The van der Waals surface area contributed by atoms with Crippen molar-refractivity contribution in [2.45, 2.75) is 6.92 Å². The van der Waals surface area contributed by atoms with Crippen LogP contribution < -0.4 is 5.73 Å². The molecule has 3 nitrogen and oxygen atoms in total. The molecule has 0 aliphatic carbocycles. The average Bonchev–Trinajstić information content (AvgIpc) is 2.78. The quantitative estimate of drug-likeness (QED) is 0.664. The highest BCUT2D eigenvalue weighted by Gasteiger charge is 2.11. The molecule has 0 unspecified atom stereocenters. The number of nitrogens with zero attached hydrogens (tertiary/aromatic N) is 1. The van der Waals surface area contributed by atoms with E-state index in [0.717, 1.165) is 11.1 Å². The van der Waals surface area contributed by atoms with Crippen LogP contribution in [-0.2, 0) is 0 Å². The van der Waals surface area contributed by atoms with E-state index < -0.39 is 5.82 Å². The number of aromatic nitrogens is 1. The summed E-state index contributed by atoms with van der Waals surface area (Å²) in [7, 11) is 0. The van der Waals surface area contributed by atoms with Gasteiger partial charge in [0.05, 0.1) is 5.69 Å². The summed E-state index contributed by atoms with van der Waals surface area (Å²) < 4.78 is 19.0. The fourth-order valence-corrected chi connectivity index (χ4v) is 1.87. The van der Waals surface area contributed by atoms with Crippen LogP contribution in [0, 0.1) is 12.7 Å². The first-order valence-corrected chi connectivity index (χ1v) is 5.57. The van der Waals surface area contributed by atoms with Gasteiger partial charge < -0.3 is 10.2 Å². The first-order chi connectivity index (χ1) is 8.65. The van der Waals surface area contributed by atoms with Crippen LogP contribution in [0.4, 0.5) is 10.1 Å². The van der Waals surface area contributed by atoms with Crippen molar-refractivity contribution in [3.8, 4) is 11.5 Å². The standard InChI is InChI=1S/C14H11FN2O/c1-8-3-2-4-12-13(8)17-14(18-12)9-5-6-11(16)10(15)7-9/h2-7H,16H2,1H3. The van der Waals surface area contributed by atoms with Gasteiger partial charge in [-0.3, -0.25) is 0 Å². The molecule has 0 fully saturated rings. The molecule has 0 aliphatic heterocycles. The van der Waals surface area contributed by atoms with Crippen molar-refractivity contribution in [1.29, 1.82) is 0 Å². The third-order valence-electron chi connectivity index (χ3n) is 2.87. The van der Waals surface area contributed by atoms with E-state index in [1.165, 1.54) is 12.1 Å². The van der Waals surface area contributed by atoms with Crippen LogP contribution in [0.5, 0.6) is 0 Å². The molecule has 0 bridgehead atoms. The Kier molecular flexibility index (Phi) is 2.30. The predicted octanol–water partition coefficient (Wildman–Crippen LogP) is 3.52. The minimum Gasteiger partial charge on any atom is -0.436 e. The molecule has 4 heteroatoms. The lowest BCUT2D eigenvalue weighted by Gasteiger charge is -1.98. The number of oxazole rings is 1. The molecule has 90 valence electrons. The minimum atomic E-state index is -0.466. The van der Waals surface area contributed by atoms with E-state index in [-0.39, 0.29) is 5.69 Å². The normalized spacial score (nSPS) is 11.0. The maximum atomic E-state index is 13.4. The molecular weight excluding hydrogens is 231 g/mol. The Morgan fingerprint density at radius 2 is 2.06 bits per heavy atom. The third-order valence-corrected chi connectivity index (χ3v) is 2.87. The topological polar surface area (TPSA) is 52.0 Å². The summed E-state index contributed by atoms with van der Waals surface area (Å²) in [4.78, 5) is 4.38. The molecule has 0 aliphatic rings. The van der Waals surface area contributed by atoms with E-state index in [4.69, 9.17) is 10.2 Å². The molecule has 2 N–H and O–H groups in total. The second kappa shape index (κ2) is 3.84. The maximum absolute atomic E-state index is 13.4. The van der Waals surface area contributed by atoms with Gasteiger partial charge in [0.1, 0.15) is 11.3 Å². The SMILES string of the molecule is Cc1cccc2oc(-c3ccc(N)c(F)c3)nc12. The molecule has 0 saturated heterocycles. The van der Waals surface area contributed by atoms with Gasteiger partial charge >= 0.3 is 0 Å². The number of fused-ring (bicyclic) bond motifs is 1. The smallest absolute Gasteiger partial charge is 0.227 e. The largest absolute Gasteiger partial charge is 0.436 e. The summed E-state index contributed by atoms with van der Waals surface area (Å²) in [5.74, 6) is -0.0651. The second-order valence-corrected chi connectivity index (χ2v) is 4.18. The van der Waals surface area contributed by atoms with Crippen molar-refractivity contribution in [3.63, 3.8) is 0 Å². The summed E-state index contributed by atoms with van der Waals surface area (Å²) in [5.41, 5.74) is 8.66. The van der Waals surface area contributed by atoms with Gasteiger partial charge in [-0.05, 0) is 36.8 Å². The number of nitrogens with two attached hydrogens (primary N) is 1. The molecular formula is C14H11FN2O. The number of rotatable bonds is 1. The van der Waals surface area contributed by atoms with Crippen LogP contribution in [-0.4, -0.2) is 4.98 Å². The van der Waals surface area contributed by atoms with Gasteiger partial charge in [0.25, 0.3) is 0 Å². The van der Waals surface area contributed by atoms with E-state index in [0.29, 0.717) is 17.0 Å². The number of para-hydroxylation sites is 1. The molecule has 1 aromatic heterocycles. The lowest BCUT2D eigenvalue weighted by Crippen LogP contribution is -1.90. The van der Waals surface area contributed by atoms with Crippen molar-refractivity contribution in [2.75, 3.05) is 5.73 Å². The minimum absolute atomic E-state index is 0.117. The Morgan fingerprint density at radius 3 is 2.78 bits per heavy atom. The Labute approximate surface area is 103 Å². The number of hydrogen-bond acceptors (Lipinski definition) is 3. The van der Waals surface area contributed by atoms with Gasteiger partial charge in [-0.2, -0.15) is 0 Å². The number of nitrogen functional groups attached to an aromatic ring is 1. The average molecular weight is 242 g/mol. The van der Waals surface area contributed by atoms with E-state index in [1.54, 1.807) is 6.07 Å². The number of benzene rings is 2. The highest BCUT2D eigenvalue weighted by atomic mass is 19.1. The van der Waals surface area contributed by atoms with Gasteiger partial charge in [-0.15, -0.1) is 0 Å². The molecule has 0 radical (unpaired) electrons. The Morgan fingerprint density at radius 1 is 1.22 bits per heavy atom. The van der Waals surface area contributed by atoms with Gasteiger partial charge in [0.15, 0.2) is 5.58 Å². The molecule has 3 rings (SSSR count). The second-order valence-electron chi connectivity index (χ2n) is 4.18. The number of aryl methyl sites for hydroxylation is 1. The van der Waals surface area contributed by atoms with E-state index in [1.807, 2.05) is 25.1 Å². The number of anilines is 1. The zero-order chi connectivity index (χ0) is 12.7. The fourth-order valence-electron chi connectivity index (χ4n) is 1.87. The summed E-state index contributed by atoms with van der Waals surface area (Å²) >= 11 is 0. The van der Waals surface area contributed by atoms with E-state index in [9.17, 15) is 4.39 Å². The van der Waals surface area contributed by atoms with Crippen LogP contribution in [0.3, 0.4) is 0 Å². The highest BCUT2D eigenvalue weighted by Crippen LogP contribution is 2.27. The van der Waals surface area contributed by atoms with Crippen molar-refractivity contribution in [2.24, 2.45) is 0 Å². The molecule has 1 heterocycles. The van der Waals surface area contributed by atoms with Gasteiger partial charge in [0.2, 0.25) is 5.89 Å². The molecule has 0 amide bonds. The molecule has 0 saturated carbocycles. The zero-order valence-electron chi connectivity index (χ0n) is 9.77. The van der Waals surface area contributed by atoms with Crippen LogP contribution in [0.25, 0.3) is 22.6 Å². The van der Waals surface area contributed by atoms with Crippen molar-refractivity contribution in [3.05, 3.63) is 47.8 Å². The highest BCUT2D eigenvalue weighted by molar-refractivity contribution is 5.79. The van der Waals surface area contributed by atoms with Crippen LogP contribution in [0.2, 0.25) is 0 Å². The van der Waals surface area contributed by atoms with Crippen molar-refractivity contribution < 1.29 is 8.81 Å². The molecule has 0 atom stereocenters. The summed E-state index contributed by atoms with van der Waals surface area (Å²) in [6.07, 6.45) is 0. The lowest BCUT2D eigenvalue weighted by atomic mass is 10.2. The first-order valence-electron chi connectivity index (χ1n) is 5.57. The van der Waals surface area contributed by atoms with Crippen molar-refractivity contribution in [1.82, 2.24) is 4.98 Å². The Hall–Kier alpha value is -2.36. The summed E-state index contributed by atoms with van der Waals surface area (Å²) in [6, 6.07) is 10.2. The van der Waals surface area contributed by atoms with Crippen LogP contribution >= 0.6 is 0 Å². The predicted molar refractivity (Wildman–Crippen MR) is 68.6 cm³/mol. The number of halogens is 1. The lowest BCUT2D eigenvalue weighted by molar-refractivity contribution is 0.613. The van der Waals surface area contributed by atoms with E-state index >= 15 is 0 Å². The Bertz CT molecular complexity index is 734. The molecule has 2 aromatic carbocycles. The maximum Gasteiger partial charge on any atom is 0.227 e. The first kappa shape index (κ1) is 10.8. The van der Waals surface area contributed by atoms with Crippen LogP contribution in [0.1, 0.15) is 5.56 Å². The Balaban J connectivity index is 2.19. The van der Waals surface area contributed by atoms with Gasteiger partial charge in [-0.1, -0.05) is 12.1 Å². The monoisotopic (exact) mass is 242 g/mol. The fraction of sp³-hybridized carbons (Fsp3) is 0.0714. The summed E-state index contributed by atoms with van der Waals surface area (Å²) in [6.45, 7) is 1.96. The number of hydrogen-bond donors (Lipinski definition) is 1. The molecule has 3 aromatic rings. The van der Waals surface area contributed by atoms with Crippen molar-refractivity contribution >= 4 is 16.8 Å². The molecule has 0 spiro atoms. The van der Waals surface area contributed by atoms with Gasteiger partial charge in [-0.25, -0.2) is 9.37 Å². The van der Waals surface area contributed by atoms with E-state index in [2.05, 4.69) is 4.98 Å². The molecule has 18 heavy (non-hydrogen) atoms. The van der Waals surface area contributed by atoms with Gasteiger partial charge in [0, 0.05) is 5.56 Å². The third kappa shape index (κ3) is 1.62. The zero-order valence-corrected chi connectivity index (χ0v) is 9.77. The van der Waals surface area contributed by atoms with Crippen LogP contribution in [0.15, 0.2) is 40.8 Å². The summed E-state index contributed by atoms with van der Waals surface area (Å²) in [5, 5.41) is 0.